The van der Waals surface area contributed by atoms with Gasteiger partial charge in [-0.05, 0) is 84.9 Å². The van der Waals surface area contributed by atoms with Crippen molar-refractivity contribution in [3.05, 3.63) is 291 Å². The summed E-state index contributed by atoms with van der Waals surface area (Å²) in [5, 5.41) is 9.56. The molecule has 0 aliphatic heterocycles. The van der Waals surface area contributed by atoms with Crippen molar-refractivity contribution in [2.75, 3.05) is 0 Å². The number of hydrogen-bond donors (Lipinski definition) is 0. The summed E-state index contributed by atoms with van der Waals surface area (Å²) < 4.78 is 9.86. The second kappa shape index (κ2) is 18.2. The summed E-state index contributed by atoms with van der Waals surface area (Å²) in [6.07, 6.45) is 0. The van der Waals surface area contributed by atoms with Gasteiger partial charge in [0, 0.05) is 76.7 Å². The van der Waals surface area contributed by atoms with Gasteiger partial charge in [0.1, 0.15) is 0 Å². The molecule has 0 saturated carbocycles. The van der Waals surface area contributed by atoms with E-state index in [0.717, 1.165) is 106 Å². The standard InChI is InChI=1S/C76H48N6/c1-5-22-49(23-6-1)64-43-55(44-65(77-64)50-24-7-2-8-25-50)81-69-37-18-15-34-59(69)63-47-73-62(48-74(63)81)58-33-14-17-36-68(58)80(73)54-31-21-30-53(42-54)79-71-39-20-16-35-61(71)75-72(79)41-40-60-57-32-13-19-38-70(57)82(76(60)75)56-45-66(51-26-9-3-10-27-51)78-67(46-56)52-28-11-4-12-29-52/h1-48H. The Morgan fingerprint density at radius 3 is 0.988 bits per heavy atom. The smallest absolute Gasteiger partial charge is 0.0730 e. The Hall–Kier alpha value is -11.1. The number of nitrogens with zero attached hydrogens (tertiary/aromatic N) is 6. The molecule has 17 rings (SSSR count). The molecule has 6 nitrogen and oxygen atoms in total. The summed E-state index contributed by atoms with van der Waals surface area (Å²) in [7, 11) is 0. The highest BCUT2D eigenvalue weighted by atomic mass is 15.0. The Bertz CT molecular complexity index is 5260. The van der Waals surface area contributed by atoms with Crippen LogP contribution in [0.2, 0.25) is 0 Å². The maximum absolute atomic E-state index is 5.31. The maximum atomic E-state index is 5.31. The first-order chi connectivity index (χ1) is 40.7. The van der Waals surface area contributed by atoms with Gasteiger partial charge in [0.25, 0.3) is 0 Å². The fraction of sp³-hybridized carbons (Fsp3) is 0. The minimum Gasteiger partial charge on any atom is -0.309 e. The van der Waals surface area contributed by atoms with Crippen molar-refractivity contribution in [1.29, 1.82) is 0 Å². The van der Waals surface area contributed by atoms with Gasteiger partial charge in [-0.3, -0.25) is 0 Å². The average Bonchev–Trinajstić information content (AvgIpc) is 2.47. The molecule has 0 amide bonds. The molecule has 0 aliphatic carbocycles. The highest BCUT2D eigenvalue weighted by Gasteiger charge is 2.24. The molecule has 6 aromatic heterocycles. The Kier molecular flexibility index (Phi) is 10.2. The molecule has 0 unspecified atom stereocenters. The lowest BCUT2D eigenvalue weighted by Gasteiger charge is -2.14. The van der Waals surface area contributed by atoms with Crippen LogP contribution in [0.1, 0.15) is 0 Å². The van der Waals surface area contributed by atoms with E-state index < -0.39 is 0 Å². The second-order valence-corrected chi connectivity index (χ2v) is 21.3. The van der Waals surface area contributed by atoms with Crippen LogP contribution in [0.15, 0.2) is 291 Å². The van der Waals surface area contributed by atoms with Gasteiger partial charge in [0.05, 0.1) is 78.3 Å². The molecule has 11 aromatic carbocycles. The Morgan fingerprint density at radius 2 is 0.537 bits per heavy atom. The van der Waals surface area contributed by atoms with E-state index in [2.05, 4.69) is 309 Å². The molecule has 0 radical (unpaired) electrons. The topological polar surface area (TPSA) is 45.5 Å². The number of hydrogen-bond acceptors (Lipinski definition) is 2. The summed E-state index contributed by atoms with van der Waals surface area (Å²) in [5.41, 5.74) is 21.5. The lowest BCUT2D eigenvalue weighted by Crippen LogP contribution is -1.99. The fourth-order valence-electron chi connectivity index (χ4n) is 13.1. The largest absolute Gasteiger partial charge is 0.309 e. The molecule has 0 spiro atoms. The number of rotatable bonds is 8. The second-order valence-electron chi connectivity index (χ2n) is 21.3. The molecule has 17 aromatic rings. The molecular weight excluding hydrogens is 997 g/mol. The van der Waals surface area contributed by atoms with E-state index in [4.69, 9.17) is 9.97 Å². The minimum atomic E-state index is 0.925. The molecule has 82 heavy (non-hydrogen) atoms. The van der Waals surface area contributed by atoms with Crippen molar-refractivity contribution in [3.8, 4) is 67.8 Å². The van der Waals surface area contributed by atoms with Gasteiger partial charge in [0.15, 0.2) is 0 Å². The van der Waals surface area contributed by atoms with Crippen LogP contribution in [-0.4, -0.2) is 28.2 Å². The average molecular weight is 1050 g/mol. The molecule has 0 bridgehead atoms. The van der Waals surface area contributed by atoms with Crippen molar-refractivity contribution in [2.24, 2.45) is 0 Å². The zero-order valence-electron chi connectivity index (χ0n) is 44.4. The predicted molar refractivity (Wildman–Crippen MR) is 341 cm³/mol. The molecule has 382 valence electrons. The van der Waals surface area contributed by atoms with Gasteiger partial charge >= 0.3 is 0 Å². The molecule has 0 fully saturated rings. The summed E-state index contributed by atoms with van der Waals surface area (Å²) in [5.74, 6) is 0. The van der Waals surface area contributed by atoms with Gasteiger partial charge in [-0.25, -0.2) is 9.97 Å². The monoisotopic (exact) mass is 1040 g/mol. The lowest BCUT2D eigenvalue weighted by molar-refractivity contribution is 1.13. The van der Waals surface area contributed by atoms with Crippen LogP contribution >= 0.6 is 0 Å². The Labute approximate surface area is 471 Å². The lowest BCUT2D eigenvalue weighted by atomic mass is 10.1. The zero-order chi connectivity index (χ0) is 53.8. The first-order valence-electron chi connectivity index (χ1n) is 28.0. The summed E-state index contributed by atoms with van der Waals surface area (Å²) in [6, 6.07) is 105. The first kappa shape index (κ1) is 45.9. The van der Waals surface area contributed by atoms with Crippen LogP contribution in [0.5, 0.6) is 0 Å². The summed E-state index contributed by atoms with van der Waals surface area (Å²) in [4.78, 5) is 10.6. The van der Waals surface area contributed by atoms with Crippen LogP contribution < -0.4 is 0 Å². The number of pyridine rings is 2. The van der Waals surface area contributed by atoms with Crippen molar-refractivity contribution in [1.82, 2.24) is 28.2 Å². The van der Waals surface area contributed by atoms with E-state index in [1.807, 2.05) is 0 Å². The van der Waals surface area contributed by atoms with Crippen LogP contribution in [0.25, 0.3) is 155 Å². The van der Waals surface area contributed by atoms with E-state index in [1.165, 1.54) is 48.6 Å². The van der Waals surface area contributed by atoms with Crippen molar-refractivity contribution >= 4 is 87.2 Å². The van der Waals surface area contributed by atoms with Gasteiger partial charge in [-0.1, -0.05) is 206 Å². The Balaban J connectivity index is 0.885. The number of aromatic nitrogens is 6. The maximum Gasteiger partial charge on any atom is 0.0730 e. The molecule has 6 heterocycles. The third kappa shape index (κ3) is 7.08. The molecule has 0 N–H and O–H groups in total. The van der Waals surface area contributed by atoms with Gasteiger partial charge in [-0.15, -0.1) is 0 Å². The fourth-order valence-corrected chi connectivity index (χ4v) is 13.1. The van der Waals surface area contributed by atoms with Crippen molar-refractivity contribution in [2.45, 2.75) is 0 Å². The normalized spacial score (nSPS) is 11.9. The van der Waals surface area contributed by atoms with E-state index in [1.54, 1.807) is 0 Å². The van der Waals surface area contributed by atoms with Crippen molar-refractivity contribution < 1.29 is 0 Å². The third-order valence-corrected chi connectivity index (χ3v) is 16.7. The number of benzene rings is 11. The summed E-state index contributed by atoms with van der Waals surface area (Å²) in [6.45, 7) is 0. The van der Waals surface area contributed by atoms with E-state index in [-0.39, 0.29) is 0 Å². The van der Waals surface area contributed by atoms with Crippen LogP contribution in [0.4, 0.5) is 0 Å². The minimum absolute atomic E-state index is 0.925. The molecule has 0 aliphatic rings. The number of fused-ring (bicyclic) bond motifs is 13. The Morgan fingerprint density at radius 1 is 0.195 bits per heavy atom. The highest BCUT2D eigenvalue weighted by Crippen LogP contribution is 2.45. The predicted octanol–water partition coefficient (Wildman–Crippen LogP) is 19.5. The molecule has 0 atom stereocenters. The molecule has 0 saturated heterocycles. The van der Waals surface area contributed by atoms with Crippen LogP contribution in [0, 0.1) is 0 Å². The van der Waals surface area contributed by atoms with E-state index >= 15 is 0 Å². The van der Waals surface area contributed by atoms with Gasteiger partial charge in [0.2, 0.25) is 0 Å². The van der Waals surface area contributed by atoms with E-state index in [9.17, 15) is 0 Å². The first-order valence-corrected chi connectivity index (χ1v) is 28.0. The van der Waals surface area contributed by atoms with Gasteiger partial charge in [-0.2, -0.15) is 0 Å². The SMILES string of the molecule is c1ccc(-c2cc(-n3c4ccccc4c4cc5c(cc43)c3ccccc3n5-c3cccc(-n4c5ccccc5c5c4ccc4c6ccccc6n(-c6cc(-c7ccccc7)nc(-c7ccccc7)c6)c45)c3)cc(-c3ccccc3)n2)cc1. The molecular formula is C76H48N6. The summed E-state index contributed by atoms with van der Waals surface area (Å²) >= 11 is 0. The van der Waals surface area contributed by atoms with Crippen LogP contribution in [0.3, 0.4) is 0 Å². The van der Waals surface area contributed by atoms with E-state index in [0.29, 0.717) is 0 Å². The van der Waals surface area contributed by atoms with Crippen molar-refractivity contribution in [3.63, 3.8) is 0 Å². The zero-order valence-corrected chi connectivity index (χ0v) is 44.4. The number of para-hydroxylation sites is 4. The molecule has 6 heteroatoms. The third-order valence-electron chi connectivity index (χ3n) is 16.7. The quantitative estimate of drug-likeness (QED) is 0.152. The van der Waals surface area contributed by atoms with Gasteiger partial charge < -0.3 is 18.3 Å². The van der Waals surface area contributed by atoms with Crippen LogP contribution in [-0.2, 0) is 0 Å². The highest BCUT2D eigenvalue weighted by molar-refractivity contribution is 6.26.